The van der Waals surface area contributed by atoms with Crippen LogP contribution >= 0.6 is 27.3 Å². The molecule has 2 aliphatic rings. The van der Waals surface area contributed by atoms with Crippen molar-refractivity contribution in [1.82, 2.24) is 5.32 Å². The molecule has 1 unspecified atom stereocenters. The zero-order valence-corrected chi connectivity index (χ0v) is 15.3. The second-order valence-electron chi connectivity index (χ2n) is 6.09. The van der Waals surface area contributed by atoms with E-state index in [1.165, 1.54) is 10.4 Å². The van der Waals surface area contributed by atoms with Gasteiger partial charge in [-0.3, -0.25) is 4.79 Å². The van der Waals surface area contributed by atoms with Crippen molar-refractivity contribution in [3.05, 3.63) is 50.3 Å². The molecule has 0 spiro atoms. The van der Waals surface area contributed by atoms with Crippen molar-refractivity contribution in [2.75, 3.05) is 18.4 Å². The lowest BCUT2D eigenvalue weighted by Crippen LogP contribution is -3.11. The van der Waals surface area contributed by atoms with Gasteiger partial charge in [-0.05, 0) is 30.2 Å². The van der Waals surface area contributed by atoms with Crippen LogP contribution in [-0.4, -0.2) is 19.0 Å². The second kappa shape index (κ2) is 5.92. The number of anilines is 1. The van der Waals surface area contributed by atoms with Crippen LogP contribution in [0.15, 0.2) is 28.7 Å². The second-order valence-corrected chi connectivity index (χ2v) is 8.11. The summed E-state index contributed by atoms with van der Waals surface area (Å²) in [6.07, 6.45) is 0.848. The van der Waals surface area contributed by atoms with E-state index in [4.69, 9.17) is 0 Å². The van der Waals surface area contributed by atoms with Gasteiger partial charge in [0, 0.05) is 10.9 Å². The van der Waals surface area contributed by atoms with Gasteiger partial charge < -0.3 is 15.5 Å². The molecule has 120 valence electrons. The molecule has 2 aliphatic heterocycles. The van der Waals surface area contributed by atoms with Crippen LogP contribution in [0.5, 0.6) is 0 Å². The van der Waals surface area contributed by atoms with Crippen molar-refractivity contribution in [2.45, 2.75) is 26.1 Å². The molecule has 0 radical (unpaired) electrons. The Balaban J connectivity index is 1.66. The minimum Gasteiger partial charge on any atom is -0.353 e. The fourth-order valence-electron chi connectivity index (χ4n) is 3.37. The molecule has 4 rings (SSSR count). The van der Waals surface area contributed by atoms with Crippen LogP contribution in [0.3, 0.4) is 0 Å². The normalized spacial score (nSPS) is 22.8. The van der Waals surface area contributed by atoms with Gasteiger partial charge in [0.15, 0.2) is 0 Å². The lowest BCUT2D eigenvalue weighted by molar-refractivity contribution is -0.913. The van der Waals surface area contributed by atoms with Crippen molar-refractivity contribution in [3.63, 3.8) is 0 Å². The molecule has 3 N–H and O–H groups in total. The predicted molar refractivity (Wildman–Crippen MR) is 96.1 cm³/mol. The molecule has 2 aromatic rings. The maximum atomic E-state index is 12.7. The van der Waals surface area contributed by atoms with Crippen molar-refractivity contribution in [1.29, 1.82) is 0 Å². The van der Waals surface area contributed by atoms with Gasteiger partial charge in [0.25, 0.3) is 5.91 Å². The quantitative estimate of drug-likeness (QED) is 0.734. The third kappa shape index (κ3) is 2.69. The van der Waals surface area contributed by atoms with E-state index in [0.717, 1.165) is 46.7 Å². The van der Waals surface area contributed by atoms with Crippen LogP contribution in [0.25, 0.3) is 0 Å². The highest BCUT2D eigenvalue weighted by Crippen LogP contribution is 2.39. The summed E-state index contributed by atoms with van der Waals surface area (Å²) in [5.41, 5.74) is 3.22. The Morgan fingerprint density at radius 2 is 2.09 bits per heavy atom. The molecule has 3 heterocycles. The van der Waals surface area contributed by atoms with Crippen molar-refractivity contribution < 1.29 is 9.69 Å². The van der Waals surface area contributed by atoms with E-state index in [-0.39, 0.29) is 12.1 Å². The summed E-state index contributed by atoms with van der Waals surface area (Å²) in [6, 6.07) is 8.06. The number of likely N-dealkylation sites (N-methyl/N-ethyl adjacent to an activating group) is 1. The van der Waals surface area contributed by atoms with Gasteiger partial charge in [0.05, 0.1) is 23.5 Å². The number of carbonyl (C=O) groups excluding carboxylic acids is 1. The lowest BCUT2D eigenvalue weighted by Gasteiger charge is -2.27. The number of rotatable bonds is 2. The van der Waals surface area contributed by atoms with E-state index in [9.17, 15) is 4.79 Å². The molecular formula is C17H19BrN3OS+. The SMILES string of the molecule is CC[NH+]1CCc2c(sc3c2C(=O)N[C@H](c2ccc(Br)cc2)N3)C1. The predicted octanol–water partition coefficient (Wildman–Crippen LogP) is 2.33. The summed E-state index contributed by atoms with van der Waals surface area (Å²) in [4.78, 5) is 15.6. The summed E-state index contributed by atoms with van der Waals surface area (Å²) >= 11 is 5.21. The Labute approximate surface area is 148 Å². The highest BCUT2D eigenvalue weighted by Gasteiger charge is 2.34. The maximum absolute atomic E-state index is 12.7. The smallest absolute Gasteiger partial charge is 0.256 e. The third-order valence-corrected chi connectivity index (χ3v) is 6.40. The molecule has 0 aliphatic carbocycles. The average Bonchev–Trinajstić information content (AvgIpc) is 2.93. The van der Waals surface area contributed by atoms with Gasteiger partial charge >= 0.3 is 0 Å². The molecular weight excluding hydrogens is 374 g/mol. The first-order valence-electron chi connectivity index (χ1n) is 7.96. The Kier molecular flexibility index (Phi) is 3.91. The van der Waals surface area contributed by atoms with Gasteiger partial charge in [-0.15, -0.1) is 11.3 Å². The Morgan fingerprint density at radius 3 is 2.83 bits per heavy atom. The zero-order chi connectivity index (χ0) is 16.0. The molecule has 1 aromatic carbocycles. The number of carbonyl (C=O) groups is 1. The van der Waals surface area contributed by atoms with Crippen LogP contribution < -0.4 is 15.5 Å². The van der Waals surface area contributed by atoms with Gasteiger partial charge in [0.1, 0.15) is 17.7 Å². The lowest BCUT2D eigenvalue weighted by atomic mass is 10.0. The number of amides is 1. The van der Waals surface area contributed by atoms with Gasteiger partial charge in [-0.1, -0.05) is 28.1 Å². The summed E-state index contributed by atoms with van der Waals surface area (Å²) in [6.45, 7) is 5.53. The van der Waals surface area contributed by atoms with Crippen molar-refractivity contribution >= 4 is 38.2 Å². The van der Waals surface area contributed by atoms with E-state index >= 15 is 0 Å². The Bertz CT molecular complexity index is 756. The Hall–Kier alpha value is -1.37. The molecule has 0 saturated carbocycles. The standard InChI is InChI=1S/C17H18BrN3OS/c1-2-21-8-7-12-13(9-21)23-17-14(12)16(22)19-15(20-17)10-3-5-11(18)6-4-10/h3-6,15,20H,2,7-9H2,1H3,(H,19,22)/p+1/t15-/m0/s1. The zero-order valence-electron chi connectivity index (χ0n) is 12.9. The molecule has 1 aromatic heterocycles. The molecule has 4 nitrogen and oxygen atoms in total. The molecule has 0 fully saturated rings. The number of nitrogens with one attached hydrogen (secondary N) is 3. The van der Waals surface area contributed by atoms with Gasteiger partial charge in [0.2, 0.25) is 0 Å². The van der Waals surface area contributed by atoms with Gasteiger partial charge in [-0.2, -0.15) is 0 Å². The molecule has 0 bridgehead atoms. The first kappa shape index (κ1) is 15.2. The van der Waals surface area contributed by atoms with E-state index in [2.05, 4.69) is 33.5 Å². The fraction of sp³-hybridized carbons (Fsp3) is 0.353. The molecule has 23 heavy (non-hydrogen) atoms. The van der Waals surface area contributed by atoms with E-state index in [1.807, 2.05) is 24.3 Å². The van der Waals surface area contributed by atoms with Crippen LogP contribution in [0.4, 0.5) is 5.00 Å². The first-order valence-corrected chi connectivity index (χ1v) is 9.57. The van der Waals surface area contributed by atoms with Crippen molar-refractivity contribution in [3.8, 4) is 0 Å². The first-order chi connectivity index (χ1) is 11.2. The monoisotopic (exact) mass is 392 g/mol. The summed E-state index contributed by atoms with van der Waals surface area (Å²) < 4.78 is 1.04. The number of hydrogen-bond donors (Lipinski definition) is 3. The number of quaternary nitrogens is 1. The van der Waals surface area contributed by atoms with E-state index in [1.54, 1.807) is 16.2 Å². The fourth-order valence-corrected chi connectivity index (χ4v) is 4.98. The van der Waals surface area contributed by atoms with Crippen molar-refractivity contribution in [2.24, 2.45) is 0 Å². The minimum atomic E-state index is -0.155. The van der Waals surface area contributed by atoms with E-state index < -0.39 is 0 Å². The largest absolute Gasteiger partial charge is 0.353 e. The molecule has 2 atom stereocenters. The van der Waals surface area contributed by atoms with Gasteiger partial charge in [-0.25, -0.2) is 0 Å². The molecule has 1 amide bonds. The Morgan fingerprint density at radius 1 is 1.30 bits per heavy atom. The summed E-state index contributed by atoms with van der Waals surface area (Å²) in [5.74, 6) is 0.0594. The summed E-state index contributed by atoms with van der Waals surface area (Å²) in [5, 5.41) is 7.65. The highest BCUT2D eigenvalue weighted by molar-refractivity contribution is 9.10. The molecule has 0 saturated heterocycles. The average molecular weight is 393 g/mol. The van der Waals surface area contributed by atoms with Crippen LogP contribution in [0, 0.1) is 0 Å². The maximum Gasteiger partial charge on any atom is 0.256 e. The minimum absolute atomic E-state index is 0.0594. The highest BCUT2D eigenvalue weighted by atomic mass is 79.9. The van der Waals surface area contributed by atoms with Crippen LogP contribution in [0.1, 0.15) is 39.5 Å². The molecule has 6 heteroatoms. The third-order valence-electron chi connectivity index (χ3n) is 4.71. The van der Waals surface area contributed by atoms with E-state index in [0.29, 0.717) is 0 Å². The number of benzene rings is 1. The number of thiophene rings is 1. The summed E-state index contributed by atoms with van der Waals surface area (Å²) in [7, 11) is 0. The van der Waals surface area contributed by atoms with Crippen LogP contribution in [0.2, 0.25) is 0 Å². The number of halogens is 1. The van der Waals surface area contributed by atoms with Crippen LogP contribution in [-0.2, 0) is 13.0 Å². The topological polar surface area (TPSA) is 45.6 Å². The number of hydrogen-bond acceptors (Lipinski definition) is 3. The number of fused-ring (bicyclic) bond motifs is 3.